The lowest BCUT2D eigenvalue weighted by Crippen LogP contribution is -2.49. The van der Waals surface area contributed by atoms with Crippen molar-refractivity contribution in [3.63, 3.8) is 0 Å². The van der Waals surface area contributed by atoms with Crippen molar-refractivity contribution in [1.82, 2.24) is 9.55 Å². The predicted molar refractivity (Wildman–Crippen MR) is 80.4 cm³/mol. The van der Waals surface area contributed by atoms with Crippen LogP contribution in [0.5, 0.6) is 0 Å². The number of rotatable bonds is 3. The molecule has 4 fully saturated rings. The van der Waals surface area contributed by atoms with Gasteiger partial charge in [0.1, 0.15) is 5.82 Å². The van der Waals surface area contributed by atoms with Crippen LogP contribution in [-0.2, 0) is 18.9 Å². The zero-order valence-corrected chi connectivity index (χ0v) is 12.8. The van der Waals surface area contributed by atoms with Crippen LogP contribution in [0.25, 0.3) is 0 Å². The van der Waals surface area contributed by atoms with E-state index in [9.17, 15) is 0 Å². The van der Waals surface area contributed by atoms with Gasteiger partial charge in [0.05, 0.1) is 0 Å². The maximum absolute atomic E-state index is 5.96. The molecule has 0 saturated heterocycles. The van der Waals surface area contributed by atoms with Gasteiger partial charge in [0.15, 0.2) is 0 Å². The summed E-state index contributed by atoms with van der Waals surface area (Å²) in [5.41, 5.74) is 7.91. The Labute approximate surface area is 122 Å². The topological polar surface area (TPSA) is 43.8 Å². The Balaban J connectivity index is 1.69. The minimum atomic E-state index is 0.195. The molecule has 2 N–H and O–H groups in total. The number of nitrogens with zero attached hydrogens (tertiary/aromatic N) is 2. The van der Waals surface area contributed by atoms with Crippen molar-refractivity contribution in [3.05, 3.63) is 17.7 Å². The van der Waals surface area contributed by atoms with Gasteiger partial charge in [-0.3, -0.25) is 0 Å². The minimum absolute atomic E-state index is 0.195. The van der Waals surface area contributed by atoms with Crippen LogP contribution in [-0.4, -0.2) is 15.6 Å². The monoisotopic (exact) mass is 273 g/mol. The van der Waals surface area contributed by atoms with Gasteiger partial charge in [-0.05, 0) is 63.2 Å². The third-order valence-electron chi connectivity index (χ3n) is 6.17. The van der Waals surface area contributed by atoms with Crippen LogP contribution >= 0.6 is 0 Å². The lowest BCUT2D eigenvalue weighted by Gasteiger charge is -2.56. The van der Waals surface area contributed by atoms with Gasteiger partial charge in [-0.2, -0.15) is 0 Å². The summed E-state index contributed by atoms with van der Waals surface area (Å²) in [6, 6.07) is 0.195. The molecule has 20 heavy (non-hydrogen) atoms. The first-order valence-electron chi connectivity index (χ1n) is 8.32. The molecular weight excluding hydrogens is 246 g/mol. The fraction of sp³-hybridized carbons (Fsp3) is 0.824. The zero-order valence-electron chi connectivity index (χ0n) is 12.8. The van der Waals surface area contributed by atoms with Crippen LogP contribution in [0, 0.1) is 17.8 Å². The first-order chi connectivity index (χ1) is 9.56. The van der Waals surface area contributed by atoms with Gasteiger partial charge >= 0.3 is 0 Å². The van der Waals surface area contributed by atoms with Crippen LogP contribution in [0.1, 0.15) is 57.0 Å². The highest BCUT2D eigenvalue weighted by Crippen LogP contribution is 2.60. The minimum Gasteiger partial charge on any atom is -0.335 e. The van der Waals surface area contributed by atoms with E-state index in [1.54, 1.807) is 0 Å². The van der Waals surface area contributed by atoms with Gasteiger partial charge in [0, 0.05) is 36.8 Å². The Morgan fingerprint density at radius 2 is 1.80 bits per heavy atom. The van der Waals surface area contributed by atoms with Gasteiger partial charge in [0.2, 0.25) is 0 Å². The van der Waals surface area contributed by atoms with Crippen molar-refractivity contribution in [2.24, 2.45) is 30.5 Å². The normalized spacial score (nSPS) is 40.2. The SMILES string of the molecule is CC(N)Cc1ncc(C23CC4CC(CC(C4)C2)C3)n1C. The molecule has 3 nitrogen and oxygen atoms in total. The van der Waals surface area contributed by atoms with E-state index in [2.05, 4.69) is 24.7 Å². The standard InChI is InChI=1S/C17H27N3/c1-11(18)3-16-19-10-15(20(16)2)17-7-12-4-13(8-17)6-14(5-12)9-17/h10-14H,3-9,18H2,1-2H3. The largest absolute Gasteiger partial charge is 0.335 e. The Morgan fingerprint density at radius 3 is 2.30 bits per heavy atom. The van der Waals surface area contributed by atoms with Crippen molar-refractivity contribution in [2.45, 2.75) is 63.3 Å². The van der Waals surface area contributed by atoms with E-state index < -0.39 is 0 Å². The van der Waals surface area contributed by atoms with Gasteiger partial charge < -0.3 is 10.3 Å². The summed E-state index contributed by atoms with van der Waals surface area (Å²) in [5, 5.41) is 0. The average Bonchev–Trinajstić information content (AvgIpc) is 2.69. The summed E-state index contributed by atoms with van der Waals surface area (Å²) in [5.74, 6) is 4.15. The molecule has 4 aliphatic rings. The molecule has 3 heteroatoms. The van der Waals surface area contributed by atoms with E-state index in [0.717, 1.165) is 24.2 Å². The number of aromatic nitrogens is 2. The molecule has 4 bridgehead atoms. The predicted octanol–water partition coefficient (Wildman–Crippen LogP) is 2.78. The van der Waals surface area contributed by atoms with Crippen LogP contribution in [0.2, 0.25) is 0 Å². The summed E-state index contributed by atoms with van der Waals surface area (Å²) in [4.78, 5) is 4.70. The highest BCUT2D eigenvalue weighted by molar-refractivity contribution is 5.24. The average molecular weight is 273 g/mol. The lowest BCUT2D eigenvalue weighted by molar-refractivity contribution is -0.00854. The molecule has 5 rings (SSSR count). The van der Waals surface area contributed by atoms with E-state index in [4.69, 9.17) is 10.7 Å². The third-order valence-corrected chi connectivity index (χ3v) is 6.17. The zero-order chi connectivity index (χ0) is 13.9. The van der Waals surface area contributed by atoms with E-state index >= 15 is 0 Å². The lowest BCUT2D eigenvalue weighted by atomic mass is 9.49. The van der Waals surface area contributed by atoms with Crippen molar-refractivity contribution in [3.8, 4) is 0 Å². The molecule has 4 aliphatic carbocycles. The Hall–Kier alpha value is -0.830. The molecule has 0 spiro atoms. The summed E-state index contributed by atoms with van der Waals surface area (Å²) < 4.78 is 2.37. The summed E-state index contributed by atoms with van der Waals surface area (Å²) >= 11 is 0. The summed E-state index contributed by atoms with van der Waals surface area (Å²) in [6.45, 7) is 2.07. The molecule has 0 radical (unpaired) electrons. The second-order valence-electron chi connectivity index (χ2n) is 8.00. The quantitative estimate of drug-likeness (QED) is 0.920. The van der Waals surface area contributed by atoms with E-state index in [0.29, 0.717) is 5.41 Å². The molecular formula is C17H27N3. The number of nitrogens with two attached hydrogens (primary N) is 1. The van der Waals surface area contributed by atoms with Crippen LogP contribution in [0.3, 0.4) is 0 Å². The molecule has 0 aromatic carbocycles. The van der Waals surface area contributed by atoms with Crippen molar-refractivity contribution in [2.75, 3.05) is 0 Å². The second-order valence-corrected chi connectivity index (χ2v) is 8.00. The highest BCUT2D eigenvalue weighted by atomic mass is 15.1. The third kappa shape index (κ3) is 1.86. The van der Waals surface area contributed by atoms with Crippen LogP contribution in [0.15, 0.2) is 6.20 Å². The molecule has 1 aromatic heterocycles. The van der Waals surface area contributed by atoms with E-state index in [1.807, 2.05) is 0 Å². The molecule has 1 aromatic rings. The maximum Gasteiger partial charge on any atom is 0.110 e. The fourth-order valence-corrected chi connectivity index (χ4v) is 5.84. The summed E-state index contributed by atoms with van der Waals surface area (Å²) in [7, 11) is 2.21. The van der Waals surface area contributed by atoms with Crippen LogP contribution < -0.4 is 5.73 Å². The van der Waals surface area contributed by atoms with Gasteiger partial charge in [-0.15, -0.1) is 0 Å². The Kier molecular flexibility index (Phi) is 2.79. The van der Waals surface area contributed by atoms with E-state index in [1.165, 1.54) is 50.0 Å². The first kappa shape index (κ1) is 12.9. The van der Waals surface area contributed by atoms with Gasteiger partial charge in [0.25, 0.3) is 0 Å². The number of imidazole rings is 1. The number of hydrogen-bond donors (Lipinski definition) is 1. The van der Waals surface area contributed by atoms with Gasteiger partial charge in [-0.1, -0.05) is 0 Å². The first-order valence-corrected chi connectivity index (χ1v) is 8.32. The highest BCUT2D eigenvalue weighted by Gasteiger charge is 2.52. The van der Waals surface area contributed by atoms with Crippen molar-refractivity contribution >= 4 is 0 Å². The van der Waals surface area contributed by atoms with Crippen LogP contribution in [0.4, 0.5) is 0 Å². The summed E-state index contributed by atoms with van der Waals surface area (Å²) in [6.07, 6.45) is 11.8. The molecule has 110 valence electrons. The molecule has 1 unspecified atom stereocenters. The molecule has 1 atom stereocenters. The fourth-order valence-electron chi connectivity index (χ4n) is 5.84. The number of hydrogen-bond acceptors (Lipinski definition) is 2. The second kappa shape index (κ2) is 4.33. The smallest absolute Gasteiger partial charge is 0.110 e. The van der Waals surface area contributed by atoms with E-state index in [-0.39, 0.29) is 6.04 Å². The molecule has 0 aliphatic heterocycles. The van der Waals surface area contributed by atoms with Crippen molar-refractivity contribution in [1.29, 1.82) is 0 Å². The van der Waals surface area contributed by atoms with Crippen molar-refractivity contribution < 1.29 is 0 Å². The molecule has 1 heterocycles. The maximum atomic E-state index is 5.96. The Morgan fingerprint density at radius 1 is 1.25 bits per heavy atom. The van der Waals surface area contributed by atoms with Gasteiger partial charge in [-0.25, -0.2) is 4.98 Å². The molecule has 4 saturated carbocycles. The Bertz CT molecular complexity index is 479. The molecule has 0 amide bonds.